The van der Waals surface area contributed by atoms with E-state index in [4.69, 9.17) is 4.43 Å². The van der Waals surface area contributed by atoms with Crippen LogP contribution in [0, 0.1) is 0 Å². The first-order valence-corrected chi connectivity index (χ1v) is 14.4. The van der Waals surface area contributed by atoms with E-state index in [0.29, 0.717) is 30.7 Å². The lowest BCUT2D eigenvalue weighted by molar-refractivity contribution is -0.0852. The summed E-state index contributed by atoms with van der Waals surface area (Å²) in [6, 6.07) is 7.43. The Morgan fingerprint density at radius 2 is 1.83 bits per heavy atom. The fourth-order valence-electron chi connectivity index (χ4n) is 3.65. The Bertz CT molecular complexity index is 738. The van der Waals surface area contributed by atoms with Crippen LogP contribution in [0.1, 0.15) is 82.1 Å². The van der Waals surface area contributed by atoms with Crippen molar-refractivity contribution in [1.29, 1.82) is 0 Å². The molecule has 168 valence electrons. The fourth-order valence-corrected chi connectivity index (χ4v) is 4.68. The lowest BCUT2D eigenvalue weighted by Crippen LogP contribution is -2.47. The molecule has 0 radical (unpaired) electrons. The van der Waals surface area contributed by atoms with E-state index in [1.807, 2.05) is 30.3 Å². The topological polar surface area (TPSA) is 49.8 Å². The minimum Gasteiger partial charge on any atom is -0.415 e. The average Bonchev–Trinajstić information content (AvgIpc) is 2.89. The third-order valence-corrected chi connectivity index (χ3v) is 11.2. The number of rotatable bonds is 11. The molecule has 0 aromatic heterocycles. The molecule has 5 heteroatoms. The summed E-state index contributed by atoms with van der Waals surface area (Å²) in [4.78, 5) is 14.7. The molecule has 1 heterocycles. The first-order chi connectivity index (χ1) is 14.0. The van der Waals surface area contributed by atoms with E-state index in [-0.39, 0.29) is 10.9 Å². The first-order valence-electron chi connectivity index (χ1n) is 11.5. The van der Waals surface area contributed by atoms with E-state index in [9.17, 15) is 9.90 Å². The molecule has 0 fully saturated rings. The van der Waals surface area contributed by atoms with Gasteiger partial charge < -0.3 is 14.4 Å². The van der Waals surface area contributed by atoms with E-state index in [1.54, 1.807) is 4.90 Å². The van der Waals surface area contributed by atoms with Crippen molar-refractivity contribution in [2.45, 2.75) is 90.1 Å². The van der Waals surface area contributed by atoms with Crippen LogP contribution in [-0.4, -0.2) is 37.4 Å². The van der Waals surface area contributed by atoms with Gasteiger partial charge in [-0.3, -0.25) is 4.79 Å². The number of amides is 1. The van der Waals surface area contributed by atoms with Gasteiger partial charge in [-0.15, -0.1) is 0 Å². The Morgan fingerprint density at radius 1 is 1.13 bits per heavy atom. The van der Waals surface area contributed by atoms with E-state index < -0.39 is 14.0 Å². The number of unbranched alkanes of at least 4 members (excludes halogenated alkanes) is 4. The Balaban J connectivity index is 2.09. The Labute approximate surface area is 184 Å². The highest BCUT2D eigenvalue weighted by molar-refractivity contribution is 6.74. The molecule has 0 spiro atoms. The molecule has 0 saturated heterocycles. The quantitative estimate of drug-likeness (QED) is 0.257. The van der Waals surface area contributed by atoms with Gasteiger partial charge in [0.25, 0.3) is 5.91 Å². The van der Waals surface area contributed by atoms with Gasteiger partial charge in [-0.25, -0.2) is 0 Å². The minimum atomic E-state index is -1.91. The molecule has 1 atom stereocenters. The van der Waals surface area contributed by atoms with Gasteiger partial charge in [0, 0.05) is 24.1 Å². The molecule has 0 bridgehead atoms. The van der Waals surface area contributed by atoms with Crippen molar-refractivity contribution in [1.82, 2.24) is 4.90 Å². The van der Waals surface area contributed by atoms with Gasteiger partial charge in [-0.05, 0) is 37.0 Å². The molecule has 4 nitrogen and oxygen atoms in total. The van der Waals surface area contributed by atoms with Crippen molar-refractivity contribution in [3.05, 3.63) is 47.5 Å². The van der Waals surface area contributed by atoms with Crippen molar-refractivity contribution in [2.75, 3.05) is 13.2 Å². The lowest BCUT2D eigenvalue weighted by atomic mass is 9.97. The Kier molecular flexibility index (Phi) is 8.49. The van der Waals surface area contributed by atoms with Gasteiger partial charge in [0.15, 0.2) is 14.0 Å². The summed E-state index contributed by atoms with van der Waals surface area (Å²) in [5.74, 6) is -0.108. The summed E-state index contributed by atoms with van der Waals surface area (Å²) in [5.41, 5.74) is 0.00586. The number of carbonyl (C=O) groups excluding carboxylic acids is 1. The molecule has 1 unspecified atom stereocenters. The van der Waals surface area contributed by atoms with Gasteiger partial charge in [0.2, 0.25) is 0 Å². The highest BCUT2D eigenvalue weighted by Gasteiger charge is 2.47. The maximum absolute atomic E-state index is 13.1. The Hall–Kier alpha value is -1.43. The smallest absolute Gasteiger partial charge is 0.256 e. The highest BCUT2D eigenvalue weighted by atomic mass is 28.4. The SMILES string of the molecule is CCCCCC/C=C/CC1(O)c2ccccc2C(=O)N1CCO[Si](C)(C)C(C)(C)C. The lowest BCUT2D eigenvalue weighted by Gasteiger charge is -2.38. The fraction of sp³-hybridized carbons (Fsp3) is 0.640. The molecule has 30 heavy (non-hydrogen) atoms. The third-order valence-electron chi connectivity index (χ3n) is 6.66. The minimum absolute atomic E-state index is 0.108. The van der Waals surface area contributed by atoms with E-state index in [0.717, 1.165) is 6.42 Å². The van der Waals surface area contributed by atoms with Gasteiger partial charge in [0.1, 0.15) is 0 Å². The summed E-state index contributed by atoms with van der Waals surface area (Å²) in [6.45, 7) is 14.1. The molecule has 0 aliphatic carbocycles. The van der Waals surface area contributed by atoms with Crippen LogP contribution in [0.2, 0.25) is 18.1 Å². The standard InChI is InChI=1S/C25H41NO3Si/c1-7-8-9-10-11-12-15-18-25(28)22-17-14-13-16-21(22)23(27)26(25)19-20-29-30(5,6)24(2,3)4/h12-17,28H,7-11,18-20H2,1-6H3/b15-12+. The third kappa shape index (κ3) is 5.62. The van der Waals surface area contributed by atoms with Crippen LogP contribution in [0.3, 0.4) is 0 Å². The molecular weight excluding hydrogens is 390 g/mol. The Morgan fingerprint density at radius 3 is 2.50 bits per heavy atom. The molecule has 1 aliphatic rings. The number of benzene rings is 1. The van der Waals surface area contributed by atoms with Crippen LogP contribution < -0.4 is 0 Å². The van der Waals surface area contributed by atoms with Crippen molar-refractivity contribution in [2.24, 2.45) is 0 Å². The number of hydrogen-bond acceptors (Lipinski definition) is 3. The van der Waals surface area contributed by atoms with Crippen LogP contribution >= 0.6 is 0 Å². The zero-order valence-electron chi connectivity index (χ0n) is 19.8. The zero-order chi connectivity index (χ0) is 22.4. The summed E-state index contributed by atoms with van der Waals surface area (Å²) in [5, 5.41) is 11.7. The van der Waals surface area contributed by atoms with E-state index in [1.165, 1.54) is 25.7 Å². The second kappa shape index (κ2) is 10.3. The molecule has 1 aromatic rings. The van der Waals surface area contributed by atoms with Gasteiger partial charge >= 0.3 is 0 Å². The number of fused-ring (bicyclic) bond motifs is 1. The molecule has 2 rings (SSSR count). The maximum atomic E-state index is 13.1. The second-order valence-corrected chi connectivity index (χ2v) is 14.8. The van der Waals surface area contributed by atoms with E-state index >= 15 is 0 Å². The maximum Gasteiger partial charge on any atom is 0.256 e. The predicted molar refractivity (Wildman–Crippen MR) is 127 cm³/mol. The highest BCUT2D eigenvalue weighted by Crippen LogP contribution is 2.40. The zero-order valence-corrected chi connectivity index (χ0v) is 20.8. The van der Waals surface area contributed by atoms with Crippen molar-refractivity contribution in [3.63, 3.8) is 0 Å². The van der Waals surface area contributed by atoms with Crippen LogP contribution in [0.15, 0.2) is 36.4 Å². The molecular formula is C25H41NO3Si. The summed E-state index contributed by atoms with van der Waals surface area (Å²) >= 11 is 0. The summed E-state index contributed by atoms with van der Waals surface area (Å²) in [7, 11) is -1.91. The number of nitrogens with zero attached hydrogens (tertiary/aromatic N) is 1. The molecule has 0 saturated carbocycles. The second-order valence-electron chi connectivity index (χ2n) is 9.95. The molecule has 1 aliphatic heterocycles. The van der Waals surface area contributed by atoms with Gasteiger partial charge in [0.05, 0.1) is 6.61 Å². The number of carbonyl (C=O) groups is 1. The summed E-state index contributed by atoms with van der Waals surface area (Å²) in [6.07, 6.45) is 10.5. The molecule has 1 aromatic carbocycles. The van der Waals surface area contributed by atoms with Crippen molar-refractivity contribution >= 4 is 14.2 Å². The number of allylic oxidation sites excluding steroid dienone is 1. The van der Waals surface area contributed by atoms with Crippen LogP contribution in [-0.2, 0) is 10.2 Å². The van der Waals surface area contributed by atoms with Gasteiger partial charge in [-0.1, -0.05) is 77.3 Å². The normalized spacial score (nSPS) is 19.7. The van der Waals surface area contributed by atoms with Gasteiger partial charge in [-0.2, -0.15) is 0 Å². The molecule has 1 N–H and O–H groups in total. The largest absolute Gasteiger partial charge is 0.415 e. The van der Waals surface area contributed by atoms with Crippen LogP contribution in [0.4, 0.5) is 0 Å². The van der Waals surface area contributed by atoms with Crippen molar-refractivity contribution < 1.29 is 14.3 Å². The van der Waals surface area contributed by atoms with Crippen LogP contribution in [0.5, 0.6) is 0 Å². The number of aliphatic hydroxyl groups is 1. The van der Waals surface area contributed by atoms with E-state index in [2.05, 4.69) is 46.9 Å². The average molecular weight is 432 g/mol. The van der Waals surface area contributed by atoms with Crippen molar-refractivity contribution in [3.8, 4) is 0 Å². The monoisotopic (exact) mass is 431 g/mol. The van der Waals surface area contributed by atoms with Crippen LogP contribution in [0.25, 0.3) is 0 Å². The number of hydrogen-bond donors (Lipinski definition) is 1. The molecule has 1 amide bonds. The predicted octanol–water partition coefficient (Wildman–Crippen LogP) is 6.23. The summed E-state index contributed by atoms with van der Waals surface area (Å²) < 4.78 is 6.29. The first kappa shape index (κ1) is 24.8.